The average Bonchev–Trinajstić information content (AvgIpc) is 3.05. The van der Waals surface area contributed by atoms with Crippen molar-refractivity contribution >= 4 is 17.1 Å². The maximum Gasteiger partial charge on any atom is 0.274 e. The Balaban J connectivity index is 1.50. The van der Waals surface area contributed by atoms with Gasteiger partial charge in [-0.1, -0.05) is 12.1 Å². The molecule has 0 spiro atoms. The number of benzene rings is 1. The van der Waals surface area contributed by atoms with E-state index in [0.29, 0.717) is 30.0 Å². The van der Waals surface area contributed by atoms with Crippen LogP contribution in [0.1, 0.15) is 21.7 Å². The first-order chi connectivity index (χ1) is 12.5. The number of rotatable bonds is 2. The van der Waals surface area contributed by atoms with Crippen molar-refractivity contribution in [3.05, 3.63) is 63.8 Å². The van der Waals surface area contributed by atoms with Crippen molar-refractivity contribution in [3.63, 3.8) is 0 Å². The van der Waals surface area contributed by atoms with Crippen LogP contribution < -0.4 is 10.5 Å². The molecule has 3 heterocycles. The van der Waals surface area contributed by atoms with E-state index in [2.05, 4.69) is 46.2 Å². The second kappa shape index (κ2) is 6.33. The fourth-order valence-corrected chi connectivity index (χ4v) is 3.38. The van der Waals surface area contributed by atoms with Gasteiger partial charge in [0.05, 0.1) is 0 Å². The van der Waals surface area contributed by atoms with Crippen molar-refractivity contribution in [2.24, 2.45) is 0 Å². The van der Waals surface area contributed by atoms with Gasteiger partial charge >= 0.3 is 0 Å². The highest BCUT2D eigenvalue weighted by atomic mass is 16.2. The molecule has 0 unspecified atom stereocenters. The Bertz CT molecular complexity index is 1030. The molecular formula is C19H21N5O2. The van der Waals surface area contributed by atoms with E-state index in [9.17, 15) is 9.59 Å². The van der Waals surface area contributed by atoms with E-state index in [1.54, 1.807) is 24.1 Å². The van der Waals surface area contributed by atoms with Gasteiger partial charge in [0, 0.05) is 49.8 Å². The number of H-pyrrole nitrogens is 1. The van der Waals surface area contributed by atoms with E-state index in [4.69, 9.17) is 0 Å². The number of carbonyl (C=O) groups is 1. The highest BCUT2D eigenvalue weighted by Crippen LogP contribution is 2.18. The zero-order valence-corrected chi connectivity index (χ0v) is 14.9. The largest absolute Gasteiger partial charge is 0.368 e. The molecule has 1 saturated heterocycles. The number of amides is 1. The van der Waals surface area contributed by atoms with Crippen LogP contribution in [0.25, 0.3) is 5.52 Å². The molecule has 26 heavy (non-hydrogen) atoms. The SMILES string of the molecule is Cc1cccc(N2CCN(C(=O)c3cc4c(=O)[nH]c(C)cn4n3)CC2)c1. The van der Waals surface area contributed by atoms with Gasteiger partial charge in [-0.3, -0.25) is 9.59 Å². The van der Waals surface area contributed by atoms with Crippen LogP contribution in [-0.4, -0.2) is 51.6 Å². The molecule has 1 aromatic carbocycles. The summed E-state index contributed by atoms with van der Waals surface area (Å²) in [7, 11) is 0. The number of fused-ring (bicyclic) bond motifs is 1. The molecule has 1 aliphatic heterocycles. The minimum atomic E-state index is -0.235. The lowest BCUT2D eigenvalue weighted by atomic mass is 10.2. The Morgan fingerprint density at radius 1 is 1.12 bits per heavy atom. The number of aromatic nitrogens is 3. The summed E-state index contributed by atoms with van der Waals surface area (Å²) in [5, 5.41) is 4.29. The summed E-state index contributed by atoms with van der Waals surface area (Å²) < 4.78 is 1.48. The molecule has 0 aliphatic carbocycles. The fraction of sp³-hybridized carbons (Fsp3) is 0.316. The molecular weight excluding hydrogens is 330 g/mol. The first-order valence-electron chi connectivity index (χ1n) is 8.71. The van der Waals surface area contributed by atoms with Crippen molar-refractivity contribution in [1.29, 1.82) is 0 Å². The summed E-state index contributed by atoms with van der Waals surface area (Å²) in [4.78, 5) is 31.6. The summed E-state index contributed by atoms with van der Waals surface area (Å²) in [6.45, 7) is 6.70. The van der Waals surface area contributed by atoms with Crippen LogP contribution in [0.15, 0.2) is 41.3 Å². The number of aromatic amines is 1. The van der Waals surface area contributed by atoms with Crippen LogP contribution in [0, 0.1) is 13.8 Å². The first kappa shape index (κ1) is 16.4. The predicted molar refractivity (Wildman–Crippen MR) is 99.8 cm³/mol. The van der Waals surface area contributed by atoms with Gasteiger partial charge in [0.25, 0.3) is 11.5 Å². The number of hydrogen-bond donors (Lipinski definition) is 1. The fourth-order valence-electron chi connectivity index (χ4n) is 3.38. The standard InChI is InChI=1S/C19H21N5O2/c1-13-4-3-5-15(10-13)22-6-8-23(9-7-22)19(26)16-11-17-18(25)20-14(2)12-24(17)21-16/h3-5,10-12H,6-9H2,1-2H3,(H,20,25). The maximum atomic E-state index is 12.8. The normalized spacial score (nSPS) is 14.8. The molecule has 1 aliphatic rings. The third-order valence-electron chi connectivity index (χ3n) is 4.75. The number of piperazine rings is 1. The number of carbonyl (C=O) groups excluding carboxylic acids is 1. The molecule has 2 aromatic heterocycles. The van der Waals surface area contributed by atoms with Crippen LogP contribution in [0.2, 0.25) is 0 Å². The van der Waals surface area contributed by atoms with Gasteiger partial charge < -0.3 is 14.8 Å². The van der Waals surface area contributed by atoms with Gasteiger partial charge in [0.2, 0.25) is 0 Å². The molecule has 134 valence electrons. The molecule has 0 radical (unpaired) electrons. The quantitative estimate of drug-likeness (QED) is 0.761. The average molecular weight is 351 g/mol. The molecule has 7 heteroatoms. The Hall–Kier alpha value is -3.09. The molecule has 0 atom stereocenters. The van der Waals surface area contributed by atoms with Crippen molar-refractivity contribution in [2.75, 3.05) is 31.1 Å². The molecule has 7 nitrogen and oxygen atoms in total. The van der Waals surface area contributed by atoms with Crippen LogP contribution in [-0.2, 0) is 0 Å². The lowest BCUT2D eigenvalue weighted by Gasteiger charge is -2.36. The molecule has 3 aromatic rings. The summed E-state index contributed by atoms with van der Waals surface area (Å²) in [5.74, 6) is -0.130. The molecule has 0 saturated carbocycles. The van der Waals surface area contributed by atoms with Gasteiger partial charge in [-0.2, -0.15) is 5.10 Å². The summed E-state index contributed by atoms with van der Waals surface area (Å²) in [6, 6.07) is 9.96. The molecule has 1 amide bonds. The number of nitrogens with one attached hydrogen (secondary N) is 1. The monoisotopic (exact) mass is 351 g/mol. The minimum Gasteiger partial charge on any atom is -0.368 e. The third-order valence-corrected chi connectivity index (χ3v) is 4.75. The smallest absolute Gasteiger partial charge is 0.274 e. The van der Waals surface area contributed by atoms with Crippen LogP contribution >= 0.6 is 0 Å². The molecule has 4 rings (SSSR count). The molecule has 1 fully saturated rings. The third kappa shape index (κ3) is 2.96. The summed E-state index contributed by atoms with van der Waals surface area (Å²) >= 11 is 0. The van der Waals surface area contributed by atoms with Gasteiger partial charge in [-0.15, -0.1) is 0 Å². The zero-order valence-electron chi connectivity index (χ0n) is 14.9. The van der Waals surface area contributed by atoms with Crippen LogP contribution in [0.4, 0.5) is 5.69 Å². The van der Waals surface area contributed by atoms with Gasteiger partial charge in [0.1, 0.15) is 5.52 Å². The van der Waals surface area contributed by atoms with Crippen LogP contribution in [0.3, 0.4) is 0 Å². The van der Waals surface area contributed by atoms with E-state index in [0.717, 1.165) is 13.1 Å². The summed E-state index contributed by atoms with van der Waals surface area (Å²) in [5.41, 5.74) is 3.58. The van der Waals surface area contributed by atoms with Gasteiger partial charge in [-0.25, -0.2) is 4.52 Å². The van der Waals surface area contributed by atoms with Crippen molar-refractivity contribution in [3.8, 4) is 0 Å². The van der Waals surface area contributed by atoms with E-state index in [1.165, 1.54) is 15.8 Å². The second-order valence-corrected chi connectivity index (χ2v) is 6.74. The molecule has 1 N–H and O–H groups in total. The Morgan fingerprint density at radius 2 is 1.88 bits per heavy atom. The number of anilines is 1. The highest BCUT2D eigenvalue weighted by molar-refractivity contribution is 5.93. The van der Waals surface area contributed by atoms with Gasteiger partial charge in [-0.05, 0) is 31.5 Å². The number of hydrogen-bond acceptors (Lipinski definition) is 4. The van der Waals surface area contributed by atoms with Crippen LogP contribution in [0.5, 0.6) is 0 Å². The topological polar surface area (TPSA) is 73.7 Å². The maximum absolute atomic E-state index is 12.8. The van der Waals surface area contributed by atoms with E-state index in [-0.39, 0.29) is 11.5 Å². The Kier molecular flexibility index (Phi) is 3.99. The second-order valence-electron chi connectivity index (χ2n) is 6.74. The number of nitrogens with zero attached hydrogens (tertiary/aromatic N) is 4. The lowest BCUT2D eigenvalue weighted by molar-refractivity contribution is 0.0740. The Labute approximate surface area is 150 Å². The highest BCUT2D eigenvalue weighted by Gasteiger charge is 2.24. The zero-order chi connectivity index (χ0) is 18.3. The first-order valence-corrected chi connectivity index (χ1v) is 8.71. The van der Waals surface area contributed by atoms with Crippen molar-refractivity contribution < 1.29 is 4.79 Å². The van der Waals surface area contributed by atoms with E-state index in [1.807, 2.05) is 0 Å². The minimum absolute atomic E-state index is 0.130. The van der Waals surface area contributed by atoms with Crippen molar-refractivity contribution in [1.82, 2.24) is 19.5 Å². The van der Waals surface area contributed by atoms with E-state index >= 15 is 0 Å². The summed E-state index contributed by atoms with van der Waals surface area (Å²) in [6.07, 6.45) is 1.71. The van der Waals surface area contributed by atoms with Gasteiger partial charge in [0.15, 0.2) is 5.69 Å². The number of aryl methyl sites for hydroxylation is 2. The molecule has 0 bridgehead atoms. The predicted octanol–water partition coefficient (Wildman–Crippen LogP) is 1.60. The van der Waals surface area contributed by atoms with Crippen molar-refractivity contribution in [2.45, 2.75) is 13.8 Å². The Morgan fingerprint density at radius 3 is 2.62 bits per heavy atom. The van der Waals surface area contributed by atoms with E-state index < -0.39 is 0 Å². The lowest BCUT2D eigenvalue weighted by Crippen LogP contribution is -2.48.